The van der Waals surface area contributed by atoms with E-state index in [1.165, 1.54) is 0 Å². The van der Waals surface area contributed by atoms with Gasteiger partial charge in [0.15, 0.2) is 0 Å². The number of amides is 1. The van der Waals surface area contributed by atoms with E-state index in [0.29, 0.717) is 5.56 Å². The second kappa shape index (κ2) is 5.75. The zero-order valence-corrected chi connectivity index (χ0v) is 9.62. The topological polar surface area (TPSA) is 42.0 Å². The van der Waals surface area contributed by atoms with Crippen molar-refractivity contribution in [1.29, 1.82) is 0 Å². The number of carbonyl (C=O) groups excluding carboxylic acids is 1. The van der Waals surface area contributed by atoms with Gasteiger partial charge >= 0.3 is 0 Å². The van der Waals surface area contributed by atoms with E-state index in [2.05, 4.69) is 26.2 Å². The fourth-order valence-electron chi connectivity index (χ4n) is 1.02. The molecule has 0 radical (unpaired) electrons. The van der Waals surface area contributed by atoms with Crippen LogP contribution in [0.25, 0.3) is 0 Å². The maximum Gasteiger partial charge on any atom is 0.251 e. The highest BCUT2D eigenvalue weighted by Crippen LogP contribution is 2.00. The summed E-state index contributed by atoms with van der Waals surface area (Å²) in [5.41, 5.74) is 0.652. The van der Waals surface area contributed by atoms with Crippen molar-refractivity contribution in [3.63, 3.8) is 0 Å². The molecule has 1 N–H and O–H groups in total. The molecule has 0 saturated carbocycles. The molecule has 0 fully saturated rings. The number of rotatable bonds is 4. The molecular formula is C10H13BrN2O. The SMILES string of the molecule is CCC(CBr)NC(=O)c1ccncc1. The van der Waals surface area contributed by atoms with Crippen LogP contribution < -0.4 is 5.32 Å². The first kappa shape index (κ1) is 11.2. The number of hydrogen-bond acceptors (Lipinski definition) is 2. The van der Waals surface area contributed by atoms with Crippen molar-refractivity contribution < 1.29 is 4.79 Å². The molecule has 0 bridgehead atoms. The molecule has 0 aromatic carbocycles. The van der Waals surface area contributed by atoms with Crippen molar-refractivity contribution in [3.05, 3.63) is 30.1 Å². The highest BCUT2D eigenvalue weighted by Gasteiger charge is 2.09. The van der Waals surface area contributed by atoms with Crippen LogP contribution in [0.4, 0.5) is 0 Å². The van der Waals surface area contributed by atoms with Gasteiger partial charge in [-0.15, -0.1) is 0 Å². The lowest BCUT2D eigenvalue weighted by Gasteiger charge is -2.13. The summed E-state index contributed by atoms with van der Waals surface area (Å²) >= 11 is 3.35. The Kier molecular flexibility index (Phi) is 4.59. The quantitative estimate of drug-likeness (QED) is 0.838. The van der Waals surface area contributed by atoms with E-state index in [-0.39, 0.29) is 11.9 Å². The third-order valence-electron chi connectivity index (χ3n) is 1.96. The standard InChI is InChI=1S/C10H13BrN2O/c1-2-9(7-11)13-10(14)8-3-5-12-6-4-8/h3-6,9H,2,7H2,1H3,(H,13,14). The van der Waals surface area contributed by atoms with E-state index in [1.54, 1.807) is 24.5 Å². The molecule has 1 amide bonds. The van der Waals surface area contributed by atoms with Crippen LogP contribution in [-0.4, -0.2) is 22.3 Å². The Labute approximate surface area is 92.1 Å². The molecule has 0 spiro atoms. The Hall–Kier alpha value is -0.900. The smallest absolute Gasteiger partial charge is 0.251 e. The minimum absolute atomic E-state index is 0.0429. The molecule has 4 heteroatoms. The predicted octanol–water partition coefficient (Wildman–Crippen LogP) is 1.98. The lowest BCUT2D eigenvalue weighted by molar-refractivity contribution is 0.0940. The zero-order chi connectivity index (χ0) is 10.4. The largest absolute Gasteiger partial charge is 0.348 e. The monoisotopic (exact) mass is 256 g/mol. The van der Waals surface area contributed by atoms with Crippen LogP contribution in [0.1, 0.15) is 23.7 Å². The second-order valence-corrected chi connectivity index (χ2v) is 3.62. The molecule has 0 aliphatic carbocycles. The van der Waals surface area contributed by atoms with Crippen molar-refractivity contribution in [2.24, 2.45) is 0 Å². The number of aromatic nitrogens is 1. The average molecular weight is 257 g/mol. The summed E-state index contributed by atoms with van der Waals surface area (Å²) in [6, 6.07) is 3.60. The van der Waals surface area contributed by atoms with Gasteiger partial charge in [0.2, 0.25) is 0 Å². The van der Waals surface area contributed by atoms with Gasteiger partial charge in [-0.1, -0.05) is 22.9 Å². The van der Waals surface area contributed by atoms with E-state index < -0.39 is 0 Å². The third-order valence-corrected chi connectivity index (χ3v) is 2.74. The van der Waals surface area contributed by atoms with Gasteiger partial charge in [0, 0.05) is 29.3 Å². The van der Waals surface area contributed by atoms with Crippen LogP contribution in [0.15, 0.2) is 24.5 Å². The van der Waals surface area contributed by atoms with Gasteiger partial charge in [-0.25, -0.2) is 0 Å². The Morgan fingerprint density at radius 1 is 1.57 bits per heavy atom. The Morgan fingerprint density at radius 3 is 2.71 bits per heavy atom. The minimum atomic E-state index is -0.0429. The van der Waals surface area contributed by atoms with Crippen LogP contribution in [-0.2, 0) is 0 Å². The van der Waals surface area contributed by atoms with Gasteiger partial charge in [0.25, 0.3) is 5.91 Å². The number of halogens is 1. The highest BCUT2D eigenvalue weighted by molar-refractivity contribution is 9.09. The van der Waals surface area contributed by atoms with Crippen molar-refractivity contribution in [2.75, 3.05) is 5.33 Å². The molecule has 1 atom stereocenters. The molecule has 1 unspecified atom stereocenters. The first-order valence-corrected chi connectivity index (χ1v) is 5.67. The van der Waals surface area contributed by atoms with E-state index in [0.717, 1.165) is 11.8 Å². The number of hydrogen-bond donors (Lipinski definition) is 1. The third kappa shape index (κ3) is 3.10. The summed E-state index contributed by atoms with van der Waals surface area (Å²) in [6.45, 7) is 2.04. The second-order valence-electron chi connectivity index (χ2n) is 2.97. The summed E-state index contributed by atoms with van der Waals surface area (Å²) < 4.78 is 0. The lowest BCUT2D eigenvalue weighted by atomic mass is 10.2. The first-order chi connectivity index (χ1) is 6.77. The number of nitrogens with one attached hydrogen (secondary N) is 1. The van der Waals surface area contributed by atoms with Crippen LogP contribution in [0.2, 0.25) is 0 Å². The zero-order valence-electron chi connectivity index (χ0n) is 8.03. The molecule has 1 rings (SSSR count). The summed E-state index contributed by atoms with van der Waals surface area (Å²) in [5.74, 6) is -0.0429. The summed E-state index contributed by atoms with van der Waals surface area (Å²) in [6.07, 6.45) is 4.15. The Balaban J connectivity index is 2.59. The molecule has 0 aliphatic rings. The van der Waals surface area contributed by atoms with Gasteiger partial charge in [0.1, 0.15) is 0 Å². The van der Waals surface area contributed by atoms with Gasteiger partial charge in [-0.05, 0) is 18.6 Å². The summed E-state index contributed by atoms with van der Waals surface area (Å²) in [5, 5.41) is 3.70. The van der Waals surface area contributed by atoms with Crippen LogP contribution in [0, 0.1) is 0 Å². The highest BCUT2D eigenvalue weighted by atomic mass is 79.9. The summed E-state index contributed by atoms with van der Waals surface area (Å²) in [7, 11) is 0. The average Bonchev–Trinajstić information content (AvgIpc) is 2.26. The van der Waals surface area contributed by atoms with Gasteiger partial charge in [0.05, 0.1) is 0 Å². The predicted molar refractivity (Wildman–Crippen MR) is 59.6 cm³/mol. The molecule has 14 heavy (non-hydrogen) atoms. The van der Waals surface area contributed by atoms with Crippen LogP contribution in [0.5, 0.6) is 0 Å². The number of nitrogens with zero attached hydrogens (tertiary/aromatic N) is 1. The molecule has 1 aromatic heterocycles. The number of carbonyl (C=O) groups is 1. The van der Waals surface area contributed by atoms with Crippen molar-refractivity contribution >= 4 is 21.8 Å². The van der Waals surface area contributed by atoms with Gasteiger partial charge in [-0.3, -0.25) is 9.78 Å². The molecule has 1 aromatic rings. The molecule has 0 aliphatic heterocycles. The number of pyridine rings is 1. The lowest BCUT2D eigenvalue weighted by Crippen LogP contribution is -2.35. The van der Waals surface area contributed by atoms with E-state index in [1.807, 2.05) is 6.92 Å². The molecule has 76 valence electrons. The van der Waals surface area contributed by atoms with Gasteiger partial charge < -0.3 is 5.32 Å². The molecular weight excluding hydrogens is 244 g/mol. The number of alkyl halides is 1. The van der Waals surface area contributed by atoms with E-state index in [4.69, 9.17) is 0 Å². The normalized spacial score (nSPS) is 12.1. The van der Waals surface area contributed by atoms with Gasteiger partial charge in [-0.2, -0.15) is 0 Å². The first-order valence-electron chi connectivity index (χ1n) is 4.54. The maximum atomic E-state index is 11.6. The van der Waals surface area contributed by atoms with Crippen molar-refractivity contribution in [1.82, 2.24) is 10.3 Å². The molecule has 0 saturated heterocycles. The van der Waals surface area contributed by atoms with Crippen LogP contribution >= 0.6 is 15.9 Å². The van der Waals surface area contributed by atoms with Crippen molar-refractivity contribution in [2.45, 2.75) is 19.4 Å². The molecule has 3 nitrogen and oxygen atoms in total. The van der Waals surface area contributed by atoms with Crippen LogP contribution in [0.3, 0.4) is 0 Å². The van der Waals surface area contributed by atoms with E-state index >= 15 is 0 Å². The fraction of sp³-hybridized carbons (Fsp3) is 0.400. The van der Waals surface area contributed by atoms with Crippen molar-refractivity contribution in [3.8, 4) is 0 Å². The maximum absolute atomic E-state index is 11.6. The Morgan fingerprint density at radius 2 is 2.21 bits per heavy atom. The fourth-order valence-corrected chi connectivity index (χ4v) is 1.64. The summed E-state index contributed by atoms with van der Waals surface area (Å²) in [4.78, 5) is 15.5. The molecule has 1 heterocycles. The van der Waals surface area contributed by atoms with E-state index in [9.17, 15) is 4.79 Å². The Bertz CT molecular complexity index is 285. The minimum Gasteiger partial charge on any atom is -0.348 e.